The van der Waals surface area contributed by atoms with Crippen LogP contribution in [0.3, 0.4) is 0 Å². The van der Waals surface area contributed by atoms with E-state index in [1.165, 1.54) is 86.3 Å². The Morgan fingerprint density at radius 3 is 1.89 bits per heavy atom. The maximum absolute atomic E-state index is 2.51. The van der Waals surface area contributed by atoms with Gasteiger partial charge < -0.3 is 14.0 Å². The van der Waals surface area contributed by atoms with Crippen LogP contribution in [0, 0.1) is 0 Å². The summed E-state index contributed by atoms with van der Waals surface area (Å²) in [6.07, 6.45) is 2.22. The predicted molar refractivity (Wildman–Crippen MR) is 268 cm³/mol. The van der Waals surface area contributed by atoms with Gasteiger partial charge in [0.25, 0.3) is 0 Å². The van der Waals surface area contributed by atoms with Crippen molar-refractivity contribution in [3.05, 3.63) is 224 Å². The minimum absolute atomic E-state index is 0.116. The molecule has 0 atom stereocenters. The first kappa shape index (κ1) is 36.0. The van der Waals surface area contributed by atoms with E-state index in [4.69, 9.17) is 0 Å². The maximum atomic E-state index is 2.51. The molecule has 0 radical (unpaired) electrons. The lowest BCUT2D eigenvalue weighted by Crippen LogP contribution is -2.16. The van der Waals surface area contributed by atoms with Crippen LogP contribution in [0.2, 0.25) is 0 Å². The Morgan fingerprint density at radius 1 is 0.413 bits per heavy atom. The standard InChI is InChI=1S/C59H41N3S/c1-59(2)52-19-11-9-17-45(52)46-30-29-44(35-53(46)59)61(41-23-21-39(22-24-41)38-13-5-3-6-14-38)42-25-27-43(28-26-42)62-55-36-51-47-18-10-12-20-56(47)63-57(51)37-50(55)48-31-32-54-49(58(48)62)33-34-60(54)40-15-7-4-8-16-40/h3-37H,1-2H3. The van der Waals surface area contributed by atoms with Crippen LogP contribution in [0.25, 0.3) is 86.5 Å². The van der Waals surface area contributed by atoms with E-state index in [1.807, 2.05) is 11.3 Å². The largest absolute Gasteiger partial charge is 0.316 e. The van der Waals surface area contributed by atoms with Crippen molar-refractivity contribution < 1.29 is 0 Å². The van der Waals surface area contributed by atoms with Gasteiger partial charge in [0, 0.05) is 76.4 Å². The lowest BCUT2D eigenvalue weighted by atomic mass is 9.82. The van der Waals surface area contributed by atoms with E-state index in [9.17, 15) is 0 Å². The Bertz CT molecular complexity index is 3740. The van der Waals surface area contributed by atoms with Crippen molar-refractivity contribution in [1.82, 2.24) is 9.13 Å². The molecule has 12 aromatic rings. The molecule has 0 amide bonds. The molecule has 0 bridgehead atoms. The highest BCUT2D eigenvalue weighted by molar-refractivity contribution is 7.25. The molecule has 0 saturated carbocycles. The zero-order chi connectivity index (χ0) is 41.8. The molecule has 0 unspecified atom stereocenters. The number of para-hydroxylation sites is 1. The summed E-state index contributed by atoms with van der Waals surface area (Å²) in [5.41, 5.74) is 16.9. The van der Waals surface area contributed by atoms with Crippen molar-refractivity contribution in [3.63, 3.8) is 0 Å². The van der Waals surface area contributed by atoms with Crippen LogP contribution in [0.15, 0.2) is 212 Å². The minimum Gasteiger partial charge on any atom is -0.316 e. The average Bonchev–Trinajstić information content (AvgIpc) is 4.08. The molecular formula is C59H41N3S. The van der Waals surface area contributed by atoms with Gasteiger partial charge in [0.1, 0.15) is 0 Å². The number of hydrogen-bond donors (Lipinski definition) is 0. The summed E-state index contributed by atoms with van der Waals surface area (Å²) in [6.45, 7) is 4.72. The van der Waals surface area contributed by atoms with E-state index in [0.717, 1.165) is 28.4 Å². The highest BCUT2D eigenvalue weighted by atomic mass is 32.1. The highest BCUT2D eigenvalue weighted by Crippen LogP contribution is 2.51. The van der Waals surface area contributed by atoms with Gasteiger partial charge in [-0.25, -0.2) is 0 Å². The van der Waals surface area contributed by atoms with Crippen LogP contribution < -0.4 is 4.90 Å². The van der Waals surface area contributed by atoms with Gasteiger partial charge in [0.2, 0.25) is 0 Å². The van der Waals surface area contributed by atoms with Crippen molar-refractivity contribution in [2.45, 2.75) is 19.3 Å². The summed E-state index contributed by atoms with van der Waals surface area (Å²) in [5, 5.41) is 6.36. The molecule has 0 fully saturated rings. The molecule has 0 saturated heterocycles. The number of anilines is 3. The summed E-state index contributed by atoms with van der Waals surface area (Å²) in [5.74, 6) is 0. The molecule has 4 heteroatoms. The van der Waals surface area contributed by atoms with Crippen molar-refractivity contribution in [2.75, 3.05) is 4.90 Å². The van der Waals surface area contributed by atoms with Crippen LogP contribution in [0.1, 0.15) is 25.0 Å². The molecule has 0 spiro atoms. The molecule has 1 aliphatic rings. The third-order valence-electron chi connectivity index (χ3n) is 13.6. The van der Waals surface area contributed by atoms with Crippen LogP contribution >= 0.6 is 11.3 Å². The van der Waals surface area contributed by atoms with Crippen LogP contribution in [-0.4, -0.2) is 9.13 Å². The second-order valence-electron chi connectivity index (χ2n) is 17.4. The van der Waals surface area contributed by atoms with Crippen molar-refractivity contribution >= 4 is 81.3 Å². The normalized spacial score (nSPS) is 13.0. The Kier molecular flexibility index (Phi) is 7.82. The monoisotopic (exact) mass is 823 g/mol. The molecule has 13 rings (SSSR count). The number of aromatic nitrogens is 2. The van der Waals surface area contributed by atoms with E-state index in [1.54, 1.807) is 0 Å². The number of benzene rings is 9. The average molecular weight is 824 g/mol. The third kappa shape index (κ3) is 5.45. The van der Waals surface area contributed by atoms with Crippen molar-refractivity contribution in [1.29, 1.82) is 0 Å². The van der Waals surface area contributed by atoms with Gasteiger partial charge >= 0.3 is 0 Å². The molecule has 1 aliphatic carbocycles. The Morgan fingerprint density at radius 2 is 1.08 bits per heavy atom. The van der Waals surface area contributed by atoms with Crippen LogP contribution in [0.4, 0.5) is 17.1 Å². The van der Waals surface area contributed by atoms with Gasteiger partial charge in [0.15, 0.2) is 0 Å². The zero-order valence-electron chi connectivity index (χ0n) is 35.0. The van der Waals surface area contributed by atoms with Gasteiger partial charge in [0.05, 0.1) is 16.6 Å². The molecule has 3 nitrogen and oxygen atoms in total. The van der Waals surface area contributed by atoms with E-state index >= 15 is 0 Å². The minimum atomic E-state index is -0.116. The fourth-order valence-electron chi connectivity index (χ4n) is 10.5. The fraction of sp³-hybridized carbons (Fsp3) is 0.0508. The van der Waals surface area contributed by atoms with Crippen LogP contribution in [-0.2, 0) is 5.41 Å². The molecule has 9 aromatic carbocycles. The second kappa shape index (κ2) is 13.7. The molecule has 0 aliphatic heterocycles. The number of thiophene rings is 1. The molecule has 298 valence electrons. The first-order chi connectivity index (χ1) is 31.0. The number of rotatable bonds is 6. The van der Waals surface area contributed by atoms with E-state index in [2.05, 4.69) is 240 Å². The van der Waals surface area contributed by atoms with Gasteiger partial charge in [-0.2, -0.15) is 0 Å². The van der Waals surface area contributed by atoms with Crippen molar-refractivity contribution in [2.24, 2.45) is 0 Å². The number of fused-ring (bicyclic) bond motifs is 11. The lowest BCUT2D eigenvalue weighted by Gasteiger charge is -2.28. The fourth-order valence-corrected chi connectivity index (χ4v) is 11.6. The SMILES string of the molecule is CC1(C)c2ccccc2-c2ccc(N(c3ccc(-c4ccccc4)cc3)c3ccc(-n4c5cc6c(cc5c5ccc7c(ccn7-c7ccccc7)c54)sc4ccccc46)cc3)cc21. The number of nitrogens with zero attached hydrogens (tertiary/aromatic N) is 3. The summed E-state index contributed by atoms with van der Waals surface area (Å²) < 4.78 is 7.45. The van der Waals surface area contributed by atoms with Gasteiger partial charge in [-0.1, -0.05) is 129 Å². The molecule has 3 heterocycles. The summed E-state index contributed by atoms with van der Waals surface area (Å²) >= 11 is 1.88. The topological polar surface area (TPSA) is 13.1 Å². The first-order valence-corrected chi connectivity index (χ1v) is 22.6. The van der Waals surface area contributed by atoms with E-state index < -0.39 is 0 Å². The summed E-state index contributed by atoms with van der Waals surface area (Å²) in [6, 6.07) is 76.1. The lowest BCUT2D eigenvalue weighted by molar-refractivity contribution is 0.660. The smallest absolute Gasteiger partial charge is 0.0635 e. The molecule has 63 heavy (non-hydrogen) atoms. The highest BCUT2D eigenvalue weighted by Gasteiger charge is 2.35. The Balaban J connectivity index is 1.01. The van der Waals surface area contributed by atoms with Gasteiger partial charge in [-0.15, -0.1) is 11.3 Å². The molecular weight excluding hydrogens is 783 g/mol. The Labute approximate surface area is 370 Å². The number of hydrogen-bond acceptors (Lipinski definition) is 2. The zero-order valence-corrected chi connectivity index (χ0v) is 35.8. The van der Waals surface area contributed by atoms with Gasteiger partial charge in [-0.05, 0) is 124 Å². The van der Waals surface area contributed by atoms with Crippen molar-refractivity contribution in [3.8, 4) is 33.6 Å². The quantitative estimate of drug-likeness (QED) is 0.163. The van der Waals surface area contributed by atoms with Gasteiger partial charge in [-0.3, -0.25) is 0 Å². The summed E-state index contributed by atoms with van der Waals surface area (Å²) in [4.78, 5) is 2.42. The third-order valence-corrected chi connectivity index (χ3v) is 14.7. The molecule has 0 N–H and O–H groups in total. The summed E-state index contributed by atoms with van der Waals surface area (Å²) in [7, 11) is 0. The van der Waals surface area contributed by atoms with Crippen LogP contribution in [0.5, 0.6) is 0 Å². The predicted octanol–water partition coefficient (Wildman–Crippen LogP) is 16.5. The van der Waals surface area contributed by atoms with E-state index in [-0.39, 0.29) is 5.41 Å². The maximum Gasteiger partial charge on any atom is 0.0635 e. The second-order valence-corrected chi connectivity index (χ2v) is 18.5. The Hall–Kier alpha value is -7.66. The first-order valence-electron chi connectivity index (χ1n) is 21.7. The van der Waals surface area contributed by atoms with E-state index in [0.29, 0.717) is 0 Å². The molecule has 3 aromatic heterocycles.